The van der Waals surface area contributed by atoms with E-state index in [1.807, 2.05) is 18.2 Å². The van der Waals surface area contributed by atoms with Crippen LogP contribution in [0.2, 0.25) is 0 Å². The van der Waals surface area contributed by atoms with Gasteiger partial charge < -0.3 is 20.3 Å². The summed E-state index contributed by atoms with van der Waals surface area (Å²) in [6, 6.07) is 17.9. The number of ether oxygens (including phenoxy) is 1. The maximum absolute atomic E-state index is 9.30. The average molecular weight is 405 g/mol. The van der Waals surface area contributed by atoms with Crippen molar-refractivity contribution in [3.63, 3.8) is 0 Å². The first-order chi connectivity index (χ1) is 14.7. The first kappa shape index (κ1) is 20.7. The first-order valence-corrected chi connectivity index (χ1v) is 11.1. The summed E-state index contributed by atoms with van der Waals surface area (Å²) >= 11 is 0. The Morgan fingerprint density at radius 2 is 2.07 bits per heavy atom. The Morgan fingerprint density at radius 3 is 2.83 bits per heavy atom. The number of piperidine rings is 1. The van der Waals surface area contributed by atoms with Crippen molar-refractivity contribution in [1.82, 2.24) is 4.90 Å². The molecule has 0 aromatic heterocycles. The summed E-state index contributed by atoms with van der Waals surface area (Å²) < 4.78 is 5.72. The predicted octanol–water partition coefficient (Wildman–Crippen LogP) is 3.70. The number of benzene rings is 2. The van der Waals surface area contributed by atoms with Gasteiger partial charge in [0.2, 0.25) is 0 Å². The quantitative estimate of drug-likeness (QED) is 0.762. The normalized spacial score (nSPS) is 17.8. The van der Waals surface area contributed by atoms with Gasteiger partial charge in [-0.3, -0.25) is 0 Å². The highest BCUT2D eigenvalue weighted by Crippen LogP contribution is 2.33. The summed E-state index contributed by atoms with van der Waals surface area (Å²) in [4.78, 5) is 5.12. The van der Waals surface area contributed by atoms with Crippen LogP contribution >= 0.6 is 0 Å². The number of anilines is 1. The zero-order valence-electron chi connectivity index (χ0n) is 17.9. The lowest BCUT2D eigenvalue weighted by atomic mass is 9.98. The number of hydrogen-bond donors (Lipinski definition) is 1. The monoisotopic (exact) mass is 404 g/mol. The molecule has 0 aliphatic carbocycles. The largest absolute Gasteiger partial charge is 0.493 e. The summed E-state index contributed by atoms with van der Waals surface area (Å²) in [6.45, 7) is 6.85. The van der Waals surface area contributed by atoms with Gasteiger partial charge in [-0.25, -0.2) is 0 Å². The molecule has 2 aliphatic rings. The number of nitrogens with zero attached hydrogens (tertiary/aromatic N) is 3. The predicted molar refractivity (Wildman–Crippen MR) is 121 cm³/mol. The Kier molecular flexibility index (Phi) is 6.56. The second kappa shape index (κ2) is 9.51. The van der Waals surface area contributed by atoms with Crippen LogP contribution in [0.15, 0.2) is 42.5 Å². The van der Waals surface area contributed by atoms with E-state index in [1.165, 1.54) is 16.8 Å². The van der Waals surface area contributed by atoms with Gasteiger partial charge in [-0.05, 0) is 74.2 Å². The van der Waals surface area contributed by atoms with Gasteiger partial charge in [0.15, 0.2) is 0 Å². The van der Waals surface area contributed by atoms with Crippen LogP contribution in [0.4, 0.5) is 5.69 Å². The van der Waals surface area contributed by atoms with E-state index in [9.17, 15) is 5.26 Å². The number of hydrogen-bond acceptors (Lipinski definition) is 5. The van der Waals surface area contributed by atoms with E-state index >= 15 is 0 Å². The molecule has 0 saturated carbocycles. The Balaban J connectivity index is 1.55. The SMILES string of the molecule is CC(CCN)N1CCC(N(Cc2cccc(C#N)c2)c2ccc3c(c2)CCO3)CC1. The van der Waals surface area contributed by atoms with E-state index in [0.29, 0.717) is 12.1 Å². The van der Waals surface area contributed by atoms with Gasteiger partial charge in [-0.2, -0.15) is 5.26 Å². The molecule has 2 aromatic rings. The molecule has 2 heterocycles. The zero-order chi connectivity index (χ0) is 20.9. The van der Waals surface area contributed by atoms with Crippen LogP contribution in [-0.2, 0) is 13.0 Å². The van der Waals surface area contributed by atoms with Gasteiger partial charge in [0.05, 0.1) is 18.2 Å². The number of nitrogens with two attached hydrogens (primary N) is 1. The standard InChI is InChI=1S/C25H32N4O/c1-19(7-11-26)28-12-8-23(9-13-28)29(18-21-4-2-3-20(15-21)17-27)24-5-6-25-22(16-24)10-14-30-25/h2-6,15-16,19,23H,7-14,18,26H2,1H3. The van der Waals surface area contributed by atoms with Gasteiger partial charge in [-0.1, -0.05) is 12.1 Å². The third-order valence-corrected chi connectivity index (χ3v) is 6.56. The molecule has 1 fully saturated rings. The molecule has 158 valence electrons. The molecule has 0 amide bonds. The molecule has 5 nitrogen and oxygen atoms in total. The third kappa shape index (κ3) is 4.61. The summed E-state index contributed by atoms with van der Waals surface area (Å²) in [5.41, 5.74) is 10.2. The highest BCUT2D eigenvalue weighted by atomic mass is 16.5. The summed E-state index contributed by atoms with van der Waals surface area (Å²) in [7, 11) is 0. The Morgan fingerprint density at radius 1 is 1.23 bits per heavy atom. The highest BCUT2D eigenvalue weighted by molar-refractivity contribution is 5.55. The Labute approximate surface area is 180 Å². The second-order valence-corrected chi connectivity index (χ2v) is 8.52. The first-order valence-electron chi connectivity index (χ1n) is 11.1. The van der Waals surface area contributed by atoms with Gasteiger partial charge >= 0.3 is 0 Å². The number of nitriles is 1. The van der Waals surface area contributed by atoms with Crippen molar-refractivity contribution in [3.05, 3.63) is 59.2 Å². The summed E-state index contributed by atoms with van der Waals surface area (Å²) in [5, 5.41) is 9.30. The van der Waals surface area contributed by atoms with Crippen molar-refractivity contribution in [2.75, 3.05) is 31.1 Å². The van der Waals surface area contributed by atoms with Crippen molar-refractivity contribution < 1.29 is 4.74 Å². The van der Waals surface area contributed by atoms with Gasteiger partial charge in [0.25, 0.3) is 0 Å². The van der Waals surface area contributed by atoms with Crippen molar-refractivity contribution >= 4 is 5.69 Å². The Bertz CT molecular complexity index is 898. The molecular formula is C25H32N4O. The number of fused-ring (bicyclic) bond motifs is 1. The lowest BCUT2D eigenvalue weighted by molar-refractivity contribution is 0.154. The summed E-state index contributed by atoms with van der Waals surface area (Å²) in [5.74, 6) is 1.02. The molecule has 1 unspecified atom stereocenters. The smallest absolute Gasteiger partial charge is 0.122 e. The lowest BCUT2D eigenvalue weighted by Gasteiger charge is -2.42. The zero-order valence-corrected chi connectivity index (χ0v) is 17.9. The van der Waals surface area contributed by atoms with E-state index in [2.05, 4.69) is 47.1 Å². The van der Waals surface area contributed by atoms with Crippen molar-refractivity contribution in [2.45, 2.75) is 51.2 Å². The minimum absolute atomic E-state index is 0.484. The average Bonchev–Trinajstić information content (AvgIpc) is 3.26. The molecule has 2 N–H and O–H groups in total. The fourth-order valence-electron chi connectivity index (χ4n) is 4.78. The summed E-state index contributed by atoms with van der Waals surface area (Å²) in [6.07, 6.45) is 4.32. The van der Waals surface area contributed by atoms with Gasteiger partial charge in [0.1, 0.15) is 5.75 Å². The third-order valence-electron chi connectivity index (χ3n) is 6.56. The van der Waals surface area contributed by atoms with Crippen LogP contribution < -0.4 is 15.4 Å². The van der Waals surface area contributed by atoms with Crippen LogP contribution in [0.25, 0.3) is 0 Å². The molecule has 2 aliphatic heterocycles. The van der Waals surface area contributed by atoms with Crippen LogP contribution in [0.3, 0.4) is 0 Å². The fourth-order valence-corrected chi connectivity index (χ4v) is 4.78. The highest BCUT2D eigenvalue weighted by Gasteiger charge is 2.28. The minimum atomic E-state index is 0.484. The second-order valence-electron chi connectivity index (χ2n) is 8.52. The molecule has 5 heteroatoms. The van der Waals surface area contributed by atoms with Crippen LogP contribution in [0, 0.1) is 11.3 Å². The van der Waals surface area contributed by atoms with Gasteiger partial charge in [0, 0.05) is 43.8 Å². The molecule has 0 radical (unpaired) electrons. The molecule has 0 bridgehead atoms. The maximum Gasteiger partial charge on any atom is 0.122 e. The van der Waals surface area contributed by atoms with Gasteiger partial charge in [-0.15, -0.1) is 0 Å². The van der Waals surface area contributed by atoms with E-state index in [0.717, 1.165) is 69.8 Å². The van der Waals surface area contributed by atoms with Crippen molar-refractivity contribution in [3.8, 4) is 11.8 Å². The number of likely N-dealkylation sites (tertiary alicyclic amines) is 1. The van der Waals surface area contributed by atoms with Crippen LogP contribution in [0.1, 0.15) is 42.9 Å². The fraction of sp³-hybridized carbons (Fsp3) is 0.480. The molecule has 4 rings (SSSR count). The molecule has 30 heavy (non-hydrogen) atoms. The lowest BCUT2D eigenvalue weighted by Crippen LogP contribution is -2.47. The van der Waals surface area contributed by atoms with E-state index in [-0.39, 0.29) is 0 Å². The van der Waals surface area contributed by atoms with Crippen LogP contribution in [0.5, 0.6) is 5.75 Å². The number of rotatable bonds is 7. The topological polar surface area (TPSA) is 65.5 Å². The van der Waals surface area contributed by atoms with E-state index in [1.54, 1.807) is 0 Å². The Hall–Kier alpha value is -2.55. The molecule has 1 saturated heterocycles. The molecular weight excluding hydrogens is 372 g/mol. The van der Waals surface area contributed by atoms with E-state index < -0.39 is 0 Å². The van der Waals surface area contributed by atoms with Crippen molar-refractivity contribution in [1.29, 1.82) is 5.26 Å². The van der Waals surface area contributed by atoms with Crippen molar-refractivity contribution in [2.24, 2.45) is 5.73 Å². The molecule has 1 atom stereocenters. The maximum atomic E-state index is 9.30. The van der Waals surface area contributed by atoms with E-state index in [4.69, 9.17) is 10.5 Å². The molecule has 2 aromatic carbocycles. The minimum Gasteiger partial charge on any atom is -0.493 e. The van der Waals surface area contributed by atoms with Crippen LogP contribution in [-0.4, -0.2) is 43.2 Å². The molecule has 0 spiro atoms.